The Morgan fingerprint density at radius 1 is 0.659 bits per heavy atom. The number of nitrogens with zero attached hydrogens (tertiary/aromatic N) is 3. The van der Waals surface area contributed by atoms with E-state index >= 15 is 0 Å². The van der Waals surface area contributed by atoms with Crippen LogP contribution in [0.15, 0.2) is 97.3 Å². The first-order chi connectivity index (χ1) is 20.3. The summed E-state index contributed by atoms with van der Waals surface area (Å²) in [5.41, 5.74) is 5.51. The van der Waals surface area contributed by atoms with Gasteiger partial charge in [0.25, 0.3) is 0 Å². The minimum Gasteiger partial charge on any atom is -0.497 e. The van der Waals surface area contributed by atoms with Crippen molar-refractivity contribution in [2.24, 2.45) is 0 Å². The number of anilines is 1. The molecule has 0 aliphatic heterocycles. The van der Waals surface area contributed by atoms with Gasteiger partial charge in [0.05, 0.1) is 58.5 Å². The largest absolute Gasteiger partial charge is 0.497 e. The van der Waals surface area contributed by atoms with Crippen molar-refractivity contribution in [2.75, 3.05) is 38.4 Å². The number of benzene rings is 3. The molecule has 5 aromatic rings. The van der Waals surface area contributed by atoms with Crippen LogP contribution in [0.1, 0.15) is 22.3 Å². The van der Waals surface area contributed by atoms with Crippen molar-refractivity contribution in [1.29, 1.82) is 0 Å². The Kier molecular flexibility index (Phi) is 10.3. The van der Waals surface area contributed by atoms with Gasteiger partial charge in [-0.15, -0.1) is 0 Å². The zero-order valence-electron chi connectivity index (χ0n) is 23.4. The maximum Gasteiger partial charge on any atom is 0.129 e. The molecule has 0 saturated heterocycles. The van der Waals surface area contributed by atoms with Gasteiger partial charge in [-0.2, -0.15) is 5.10 Å². The van der Waals surface area contributed by atoms with E-state index in [9.17, 15) is 0 Å². The summed E-state index contributed by atoms with van der Waals surface area (Å²) in [6.07, 6.45) is 3.72. The number of hydrogen-bond donors (Lipinski definition) is 1. The van der Waals surface area contributed by atoms with E-state index in [-0.39, 0.29) is 0 Å². The zero-order chi connectivity index (χ0) is 28.1. The topological polar surface area (TPSA) is 81.7 Å². The quantitative estimate of drug-likeness (QED) is 0.152. The lowest BCUT2D eigenvalue weighted by molar-refractivity contribution is 0.00700. The second kappa shape index (κ2) is 14.9. The van der Waals surface area contributed by atoms with Crippen LogP contribution in [0.5, 0.6) is 5.75 Å². The van der Waals surface area contributed by atoms with Gasteiger partial charge in [0.2, 0.25) is 0 Å². The Balaban J connectivity index is 1.11. The molecule has 8 heteroatoms. The first kappa shape index (κ1) is 28.3. The summed E-state index contributed by atoms with van der Waals surface area (Å²) in [6, 6.07) is 28.7. The summed E-state index contributed by atoms with van der Waals surface area (Å²) in [6.45, 7) is 4.60. The van der Waals surface area contributed by atoms with Crippen molar-refractivity contribution in [3.63, 3.8) is 0 Å². The van der Waals surface area contributed by atoms with Crippen molar-refractivity contribution in [2.45, 2.75) is 26.3 Å². The van der Waals surface area contributed by atoms with E-state index in [2.05, 4.69) is 63.6 Å². The summed E-state index contributed by atoms with van der Waals surface area (Å²) < 4.78 is 22.5. The predicted octanol–water partition coefficient (Wildman–Crippen LogP) is 5.92. The van der Waals surface area contributed by atoms with Crippen LogP contribution in [0.25, 0.3) is 10.9 Å². The number of hydrogen-bond acceptors (Lipinski definition) is 7. The fraction of sp³-hybridized carbons (Fsp3) is 0.273. The molecule has 0 aliphatic carbocycles. The molecule has 1 N–H and O–H groups in total. The fourth-order valence-corrected chi connectivity index (χ4v) is 4.49. The van der Waals surface area contributed by atoms with Crippen LogP contribution in [0, 0.1) is 0 Å². The van der Waals surface area contributed by atoms with E-state index < -0.39 is 0 Å². The summed E-state index contributed by atoms with van der Waals surface area (Å²) in [4.78, 5) is 7.04. The standard InChI is InChI=1S/C33H36N4O4/c1-38-31-9-5-8-27(18-31)22-37(23-28-10-12-30-21-35-36-32(30)19-28)33-13-11-29(20-34-33)25-41-17-15-39-14-16-40-24-26-6-3-2-4-7-26/h2-13,18-21H,14-17,22-25H2,1H3,(H,35,36). The highest BCUT2D eigenvalue weighted by molar-refractivity contribution is 5.78. The third kappa shape index (κ3) is 8.62. The van der Waals surface area contributed by atoms with Gasteiger partial charge in [0.1, 0.15) is 11.6 Å². The maximum atomic E-state index is 5.80. The molecule has 41 heavy (non-hydrogen) atoms. The molecule has 212 valence electrons. The van der Waals surface area contributed by atoms with Crippen molar-refractivity contribution >= 4 is 16.7 Å². The summed E-state index contributed by atoms with van der Waals surface area (Å²) >= 11 is 0. The van der Waals surface area contributed by atoms with Gasteiger partial charge in [0, 0.05) is 24.7 Å². The van der Waals surface area contributed by atoms with Crippen molar-refractivity contribution in [1.82, 2.24) is 15.2 Å². The van der Waals surface area contributed by atoms with Crippen molar-refractivity contribution < 1.29 is 18.9 Å². The summed E-state index contributed by atoms with van der Waals surface area (Å²) in [5, 5.41) is 8.31. The number of aromatic amines is 1. The van der Waals surface area contributed by atoms with Crippen LogP contribution in [0.4, 0.5) is 5.82 Å². The maximum absolute atomic E-state index is 5.80. The molecule has 0 spiro atoms. The van der Waals surface area contributed by atoms with Crippen LogP contribution in [-0.2, 0) is 40.5 Å². The molecule has 0 radical (unpaired) electrons. The average molecular weight is 553 g/mol. The number of methoxy groups -OCH3 is 1. The molecule has 3 aromatic carbocycles. The molecule has 2 heterocycles. The van der Waals surface area contributed by atoms with E-state index in [1.807, 2.05) is 48.8 Å². The minimum absolute atomic E-state index is 0.480. The molecular weight excluding hydrogens is 516 g/mol. The number of fused-ring (bicyclic) bond motifs is 1. The molecule has 2 aromatic heterocycles. The van der Waals surface area contributed by atoms with Gasteiger partial charge in [-0.1, -0.05) is 60.7 Å². The number of H-pyrrole nitrogens is 1. The molecule has 0 atom stereocenters. The Labute approximate surface area is 240 Å². The third-order valence-corrected chi connectivity index (χ3v) is 6.64. The van der Waals surface area contributed by atoms with Gasteiger partial charge < -0.3 is 23.8 Å². The zero-order valence-corrected chi connectivity index (χ0v) is 23.4. The lowest BCUT2D eigenvalue weighted by atomic mass is 10.1. The number of aromatic nitrogens is 3. The summed E-state index contributed by atoms with van der Waals surface area (Å²) in [7, 11) is 1.69. The van der Waals surface area contributed by atoms with Crippen LogP contribution in [-0.4, -0.2) is 48.7 Å². The van der Waals surface area contributed by atoms with E-state index in [1.54, 1.807) is 7.11 Å². The molecule has 0 saturated carbocycles. The number of rotatable bonds is 16. The lowest BCUT2D eigenvalue weighted by Gasteiger charge is -2.24. The second-order valence-electron chi connectivity index (χ2n) is 9.73. The molecular formula is C33H36N4O4. The first-order valence-electron chi connectivity index (χ1n) is 13.8. The molecule has 8 nitrogen and oxygen atoms in total. The highest BCUT2D eigenvalue weighted by Crippen LogP contribution is 2.22. The monoisotopic (exact) mass is 552 g/mol. The van der Waals surface area contributed by atoms with E-state index in [4.69, 9.17) is 23.9 Å². The molecule has 0 aliphatic rings. The molecule has 0 unspecified atom stereocenters. The third-order valence-electron chi connectivity index (χ3n) is 6.64. The highest BCUT2D eigenvalue weighted by atomic mass is 16.5. The number of nitrogens with one attached hydrogen (secondary N) is 1. The Morgan fingerprint density at radius 2 is 1.37 bits per heavy atom. The second-order valence-corrected chi connectivity index (χ2v) is 9.73. The lowest BCUT2D eigenvalue weighted by Crippen LogP contribution is -2.23. The highest BCUT2D eigenvalue weighted by Gasteiger charge is 2.12. The fourth-order valence-electron chi connectivity index (χ4n) is 4.49. The minimum atomic E-state index is 0.480. The van der Waals surface area contributed by atoms with Gasteiger partial charge in [-0.05, 0) is 46.5 Å². The van der Waals surface area contributed by atoms with Gasteiger partial charge in [0.15, 0.2) is 0 Å². The van der Waals surface area contributed by atoms with Gasteiger partial charge in [-0.3, -0.25) is 5.10 Å². The van der Waals surface area contributed by atoms with Gasteiger partial charge >= 0.3 is 0 Å². The molecule has 5 rings (SSSR count). The molecule has 0 bridgehead atoms. The summed E-state index contributed by atoms with van der Waals surface area (Å²) in [5.74, 6) is 1.73. The Morgan fingerprint density at radius 3 is 2.12 bits per heavy atom. The smallest absolute Gasteiger partial charge is 0.129 e. The SMILES string of the molecule is COc1cccc(CN(Cc2ccc3cn[nH]c3c2)c2ccc(COCCOCCOCc3ccccc3)cn2)c1. The van der Waals surface area contributed by atoms with E-state index in [1.165, 1.54) is 5.56 Å². The molecule has 0 fully saturated rings. The van der Waals surface area contributed by atoms with Crippen LogP contribution in [0.3, 0.4) is 0 Å². The predicted molar refractivity (Wildman–Crippen MR) is 160 cm³/mol. The van der Waals surface area contributed by atoms with Crippen LogP contribution < -0.4 is 9.64 Å². The van der Waals surface area contributed by atoms with Gasteiger partial charge in [-0.25, -0.2) is 4.98 Å². The van der Waals surface area contributed by atoms with E-state index in [0.29, 0.717) is 52.7 Å². The van der Waals surface area contributed by atoms with Crippen molar-refractivity contribution in [3.05, 3.63) is 120 Å². The van der Waals surface area contributed by atoms with Crippen LogP contribution in [0.2, 0.25) is 0 Å². The first-order valence-corrected chi connectivity index (χ1v) is 13.8. The average Bonchev–Trinajstić information content (AvgIpc) is 3.49. The van der Waals surface area contributed by atoms with E-state index in [0.717, 1.165) is 39.2 Å². The molecule has 0 amide bonds. The Hall–Kier alpha value is -4.24. The number of ether oxygens (including phenoxy) is 4. The Bertz CT molecular complexity index is 1470. The number of pyridine rings is 1. The normalized spacial score (nSPS) is 11.1. The van der Waals surface area contributed by atoms with Crippen molar-refractivity contribution in [3.8, 4) is 5.75 Å². The van der Waals surface area contributed by atoms with Crippen LogP contribution >= 0.6 is 0 Å².